The summed E-state index contributed by atoms with van der Waals surface area (Å²) in [6, 6.07) is 6.66. The van der Waals surface area contributed by atoms with Gasteiger partial charge in [-0.3, -0.25) is 4.99 Å². The molecule has 1 heterocycles. The van der Waals surface area contributed by atoms with Crippen molar-refractivity contribution in [2.24, 2.45) is 16.0 Å². The third kappa shape index (κ3) is 7.86. The van der Waals surface area contributed by atoms with Gasteiger partial charge in [0.1, 0.15) is 0 Å². The fourth-order valence-electron chi connectivity index (χ4n) is 3.19. The number of benzene rings is 1. The Balaban J connectivity index is 1.62. The number of likely N-dealkylation sites (tertiary alicyclic amines) is 1. The van der Waals surface area contributed by atoms with Crippen LogP contribution in [0.15, 0.2) is 34.2 Å². The predicted molar refractivity (Wildman–Crippen MR) is 110 cm³/mol. The van der Waals surface area contributed by atoms with Crippen LogP contribution in [0.2, 0.25) is 0 Å². The van der Waals surface area contributed by atoms with Gasteiger partial charge in [0, 0.05) is 20.1 Å². The number of hydrogen-bond acceptors (Lipinski definition) is 4. The van der Waals surface area contributed by atoms with Gasteiger partial charge in [0.25, 0.3) is 0 Å². The number of guanidine groups is 1. The first-order chi connectivity index (χ1) is 12.9. The molecule has 0 bridgehead atoms. The van der Waals surface area contributed by atoms with Crippen molar-refractivity contribution in [3.05, 3.63) is 29.8 Å². The molecule has 0 aliphatic carbocycles. The highest BCUT2D eigenvalue weighted by molar-refractivity contribution is 7.89. The monoisotopic (exact) mass is 395 g/mol. The molecule has 4 N–H and O–H groups in total. The summed E-state index contributed by atoms with van der Waals surface area (Å²) >= 11 is 0. The zero-order valence-electron chi connectivity index (χ0n) is 16.4. The minimum Gasteiger partial charge on any atom is -0.356 e. The third-order valence-electron chi connectivity index (χ3n) is 5.00. The van der Waals surface area contributed by atoms with E-state index in [2.05, 4.69) is 27.4 Å². The Bertz CT molecular complexity index is 695. The van der Waals surface area contributed by atoms with E-state index in [9.17, 15) is 8.42 Å². The van der Waals surface area contributed by atoms with Gasteiger partial charge >= 0.3 is 0 Å². The normalized spacial score (nSPS) is 17.1. The SMILES string of the molecule is CN=C(NCCCN1CCC(C)CC1)NCCc1ccc(S(N)(=O)=O)cc1. The molecular weight excluding hydrogens is 362 g/mol. The standard InChI is InChI=1S/C19H33N5O2S/c1-16-9-14-24(15-10-16)13-3-11-22-19(21-2)23-12-8-17-4-6-18(7-5-17)27(20,25)26/h4-7,16H,3,8-15H2,1-2H3,(H2,20,25,26)(H2,21,22,23). The van der Waals surface area contributed by atoms with Gasteiger partial charge in [0.05, 0.1) is 4.90 Å². The van der Waals surface area contributed by atoms with Gasteiger partial charge in [-0.1, -0.05) is 19.1 Å². The van der Waals surface area contributed by atoms with Crippen molar-refractivity contribution in [3.63, 3.8) is 0 Å². The summed E-state index contributed by atoms with van der Waals surface area (Å²) in [6.45, 7) is 7.53. The molecule has 0 amide bonds. The first-order valence-electron chi connectivity index (χ1n) is 9.67. The molecule has 1 aromatic rings. The molecule has 27 heavy (non-hydrogen) atoms. The van der Waals surface area contributed by atoms with E-state index in [0.29, 0.717) is 0 Å². The second kappa shape index (κ2) is 10.6. The largest absolute Gasteiger partial charge is 0.356 e. The Morgan fingerprint density at radius 1 is 1.19 bits per heavy atom. The van der Waals surface area contributed by atoms with Gasteiger partial charge in [0.2, 0.25) is 10.0 Å². The molecule has 8 heteroatoms. The topological polar surface area (TPSA) is 99.8 Å². The Morgan fingerprint density at radius 3 is 2.41 bits per heavy atom. The number of sulfonamides is 1. The van der Waals surface area contributed by atoms with Crippen LogP contribution in [0.5, 0.6) is 0 Å². The molecule has 2 rings (SSSR count). The molecule has 1 saturated heterocycles. The molecule has 0 radical (unpaired) electrons. The predicted octanol–water partition coefficient (Wildman–Crippen LogP) is 1.16. The number of nitrogens with zero attached hydrogens (tertiary/aromatic N) is 2. The van der Waals surface area contributed by atoms with Crippen LogP contribution in [-0.4, -0.2) is 59.0 Å². The molecule has 1 aliphatic rings. The van der Waals surface area contributed by atoms with E-state index in [4.69, 9.17) is 5.14 Å². The van der Waals surface area contributed by atoms with Crippen molar-refractivity contribution in [3.8, 4) is 0 Å². The van der Waals surface area contributed by atoms with E-state index in [-0.39, 0.29) is 4.90 Å². The van der Waals surface area contributed by atoms with E-state index in [1.165, 1.54) is 25.9 Å². The van der Waals surface area contributed by atoms with Crippen molar-refractivity contribution in [2.75, 3.05) is 39.8 Å². The molecule has 1 aliphatic heterocycles. The maximum Gasteiger partial charge on any atom is 0.238 e. The molecule has 0 atom stereocenters. The van der Waals surface area contributed by atoms with Crippen LogP contribution in [0.3, 0.4) is 0 Å². The van der Waals surface area contributed by atoms with Gasteiger partial charge in [-0.2, -0.15) is 0 Å². The van der Waals surface area contributed by atoms with E-state index >= 15 is 0 Å². The first-order valence-corrected chi connectivity index (χ1v) is 11.2. The van der Waals surface area contributed by atoms with E-state index in [1.807, 2.05) is 0 Å². The van der Waals surface area contributed by atoms with Crippen LogP contribution in [0.4, 0.5) is 0 Å². The molecule has 1 fully saturated rings. The number of nitrogens with two attached hydrogens (primary N) is 1. The number of primary sulfonamides is 1. The van der Waals surface area contributed by atoms with Crippen molar-refractivity contribution in [2.45, 2.75) is 37.5 Å². The van der Waals surface area contributed by atoms with Crippen molar-refractivity contribution in [1.82, 2.24) is 15.5 Å². The summed E-state index contributed by atoms with van der Waals surface area (Å²) < 4.78 is 22.5. The van der Waals surface area contributed by atoms with E-state index in [0.717, 1.165) is 49.9 Å². The van der Waals surface area contributed by atoms with Crippen LogP contribution in [0.25, 0.3) is 0 Å². The highest BCUT2D eigenvalue weighted by Gasteiger charge is 2.14. The maximum atomic E-state index is 11.3. The van der Waals surface area contributed by atoms with Crippen molar-refractivity contribution in [1.29, 1.82) is 0 Å². The highest BCUT2D eigenvalue weighted by atomic mass is 32.2. The number of aliphatic imine (C=N–C) groups is 1. The first kappa shape index (κ1) is 21.7. The number of piperidine rings is 1. The fourth-order valence-corrected chi connectivity index (χ4v) is 3.70. The second-order valence-corrected chi connectivity index (χ2v) is 8.80. The van der Waals surface area contributed by atoms with Crippen LogP contribution >= 0.6 is 0 Å². The Kier molecular flexibility index (Phi) is 8.53. The summed E-state index contributed by atoms with van der Waals surface area (Å²) in [5.41, 5.74) is 1.05. The smallest absolute Gasteiger partial charge is 0.238 e. The minimum atomic E-state index is -3.63. The summed E-state index contributed by atoms with van der Waals surface area (Å²) in [4.78, 5) is 6.93. The molecule has 7 nitrogen and oxygen atoms in total. The zero-order chi connectivity index (χ0) is 19.7. The third-order valence-corrected chi connectivity index (χ3v) is 5.93. The Morgan fingerprint density at radius 2 is 1.81 bits per heavy atom. The van der Waals surface area contributed by atoms with Crippen LogP contribution in [0.1, 0.15) is 31.7 Å². The van der Waals surface area contributed by atoms with Gasteiger partial charge in [-0.05, 0) is 68.9 Å². The van der Waals surface area contributed by atoms with E-state index in [1.54, 1.807) is 31.3 Å². The van der Waals surface area contributed by atoms with Crippen LogP contribution < -0.4 is 15.8 Å². The molecule has 152 valence electrons. The minimum absolute atomic E-state index is 0.139. The van der Waals surface area contributed by atoms with Gasteiger partial charge in [0.15, 0.2) is 5.96 Å². The summed E-state index contributed by atoms with van der Waals surface area (Å²) in [6.07, 6.45) is 4.51. The lowest BCUT2D eigenvalue weighted by molar-refractivity contribution is 0.191. The van der Waals surface area contributed by atoms with Crippen LogP contribution in [0, 0.1) is 5.92 Å². The number of nitrogens with one attached hydrogen (secondary N) is 2. The number of rotatable bonds is 8. The molecule has 0 aromatic heterocycles. The zero-order valence-corrected chi connectivity index (χ0v) is 17.3. The quantitative estimate of drug-likeness (QED) is 0.348. The molecular formula is C19H33N5O2S. The summed E-state index contributed by atoms with van der Waals surface area (Å²) in [5, 5.41) is 11.7. The summed E-state index contributed by atoms with van der Waals surface area (Å²) in [5.74, 6) is 1.67. The van der Waals surface area contributed by atoms with E-state index < -0.39 is 10.0 Å². The average molecular weight is 396 g/mol. The molecule has 1 aromatic carbocycles. The lowest BCUT2D eigenvalue weighted by Crippen LogP contribution is -2.40. The van der Waals surface area contributed by atoms with Gasteiger partial charge < -0.3 is 15.5 Å². The second-order valence-electron chi connectivity index (χ2n) is 7.24. The number of hydrogen-bond donors (Lipinski definition) is 3. The van der Waals surface area contributed by atoms with Gasteiger partial charge in [-0.15, -0.1) is 0 Å². The molecule has 0 saturated carbocycles. The lowest BCUT2D eigenvalue weighted by Gasteiger charge is -2.30. The fraction of sp³-hybridized carbons (Fsp3) is 0.632. The lowest BCUT2D eigenvalue weighted by atomic mass is 9.99. The van der Waals surface area contributed by atoms with Crippen molar-refractivity contribution >= 4 is 16.0 Å². The van der Waals surface area contributed by atoms with Crippen molar-refractivity contribution < 1.29 is 8.42 Å². The summed E-state index contributed by atoms with van der Waals surface area (Å²) in [7, 11) is -1.86. The van der Waals surface area contributed by atoms with Crippen LogP contribution in [-0.2, 0) is 16.4 Å². The Hall–Kier alpha value is -1.64. The average Bonchev–Trinajstić information content (AvgIpc) is 2.65. The molecule has 0 unspecified atom stereocenters. The van der Waals surface area contributed by atoms with Gasteiger partial charge in [-0.25, -0.2) is 13.6 Å². The highest BCUT2D eigenvalue weighted by Crippen LogP contribution is 2.15. The Labute approximate surface area is 163 Å². The maximum absolute atomic E-state index is 11.3. The molecule has 0 spiro atoms.